The fourth-order valence-corrected chi connectivity index (χ4v) is 4.93. The minimum atomic E-state index is -0.380. The van der Waals surface area contributed by atoms with Crippen LogP contribution in [0.4, 0.5) is 5.82 Å². The zero-order chi connectivity index (χ0) is 24.6. The number of nitrogens with one attached hydrogen (secondary N) is 2. The van der Waals surface area contributed by atoms with E-state index in [1.165, 1.54) is 5.56 Å². The molecule has 1 aliphatic heterocycles. The van der Waals surface area contributed by atoms with Gasteiger partial charge in [0.2, 0.25) is 0 Å². The molecule has 3 aromatic carbocycles. The molecule has 0 fully saturated rings. The third kappa shape index (κ3) is 4.79. The van der Waals surface area contributed by atoms with Gasteiger partial charge in [-0.25, -0.2) is 4.68 Å². The van der Waals surface area contributed by atoms with Gasteiger partial charge in [0, 0.05) is 10.0 Å². The van der Waals surface area contributed by atoms with Crippen LogP contribution < -0.4 is 10.6 Å². The Labute approximate surface area is 215 Å². The van der Waals surface area contributed by atoms with E-state index in [4.69, 9.17) is 23.2 Å². The molecule has 5 rings (SSSR count). The van der Waals surface area contributed by atoms with Crippen LogP contribution in [0.2, 0.25) is 10.0 Å². The molecule has 178 valence electrons. The molecule has 1 aromatic heterocycles. The van der Waals surface area contributed by atoms with Crippen LogP contribution in [0, 0.1) is 0 Å². The van der Waals surface area contributed by atoms with Crippen molar-refractivity contribution in [2.24, 2.45) is 0 Å². The van der Waals surface area contributed by atoms with E-state index in [-0.39, 0.29) is 23.5 Å². The van der Waals surface area contributed by atoms with Gasteiger partial charge in [0.15, 0.2) is 0 Å². The molecular weight excluding hydrogens is 479 g/mol. The number of amides is 1. The van der Waals surface area contributed by atoms with Gasteiger partial charge in [0.25, 0.3) is 5.91 Å². The smallest absolute Gasteiger partial charge is 0.257 e. The summed E-state index contributed by atoms with van der Waals surface area (Å²) in [5.74, 6) is 0.511. The standard InChI is InChI=1S/C28H26Cl2N4O/c1-28(2)16-24(18-6-4-3-5-7-18)32-26-23(17-31-34(26)28)27(35)33-25(19-8-12-21(29)13-9-19)20-10-14-22(30)15-11-20/h3-15,17,24-25,32H,16H2,1-2H3,(H,33,35). The summed E-state index contributed by atoms with van der Waals surface area (Å²) in [5, 5.41) is 12.6. The van der Waals surface area contributed by atoms with Crippen LogP contribution in [0.3, 0.4) is 0 Å². The number of aromatic nitrogens is 2. The highest BCUT2D eigenvalue weighted by atomic mass is 35.5. The highest BCUT2D eigenvalue weighted by Gasteiger charge is 2.37. The minimum Gasteiger partial charge on any atom is -0.363 e. The molecule has 0 aliphatic carbocycles. The number of carbonyl (C=O) groups excluding carboxylic acids is 1. The van der Waals surface area contributed by atoms with E-state index in [0.29, 0.717) is 15.6 Å². The topological polar surface area (TPSA) is 59.0 Å². The van der Waals surface area contributed by atoms with Gasteiger partial charge in [-0.1, -0.05) is 77.8 Å². The molecule has 7 heteroatoms. The van der Waals surface area contributed by atoms with E-state index in [1.807, 2.05) is 71.4 Å². The molecule has 0 spiro atoms. The van der Waals surface area contributed by atoms with Gasteiger partial charge in [-0.05, 0) is 61.2 Å². The molecule has 0 bridgehead atoms. The lowest BCUT2D eigenvalue weighted by Crippen LogP contribution is -2.38. The van der Waals surface area contributed by atoms with Crippen molar-refractivity contribution < 1.29 is 4.79 Å². The Morgan fingerprint density at radius 3 is 2.11 bits per heavy atom. The van der Waals surface area contributed by atoms with Gasteiger partial charge in [0.1, 0.15) is 11.4 Å². The summed E-state index contributed by atoms with van der Waals surface area (Å²) in [6.45, 7) is 4.29. The Balaban J connectivity index is 1.49. The molecule has 35 heavy (non-hydrogen) atoms. The quantitative estimate of drug-likeness (QED) is 0.307. The van der Waals surface area contributed by atoms with Crippen molar-refractivity contribution in [1.82, 2.24) is 15.1 Å². The fourth-order valence-electron chi connectivity index (χ4n) is 4.68. The lowest BCUT2D eigenvalue weighted by Gasteiger charge is -2.38. The molecular formula is C28H26Cl2N4O. The van der Waals surface area contributed by atoms with E-state index in [2.05, 4.69) is 41.7 Å². The lowest BCUT2D eigenvalue weighted by molar-refractivity contribution is 0.0943. The van der Waals surface area contributed by atoms with Crippen molar-refractivity contribution in [3.63, 3.8) is 0 Å². The van der Waals surface area contributed by atoms with Crippen molar-refractivity contribution >= 4 is 34.9 Å². The summed E-state index contributed by atoms with van der Waals surface area (Å²) in [6, 6.07) is 24.9. The molecule has 1 aliphatic rings. The van der Waals surface area contributed by atoms with E-state index in [0.717, 1.165) is 23.4 Å². The first-order valence-corrected chi connectivity index (χ1v) is 12.3. The predicted molar refractivity (Wildman–Crippen MR) is 141 cm³/mol. The molecule has 1 amide bonds. The Morgan fingerprint density at radius 2 is 1.54 bits per heavy atom. The van der Waals surface area contributed by atoms with Crippen LogP contribution in [0.1, 0.15) is 59.4 Å². The van der Waals surface area contributed by atoms with Crippen LogP contribution in [-0.4, -0.2) is 15.7 Å². The average Bonchev–Trinajstić information content (AvgIpc) is 3.29. The van der Waals surface area contributed by atoms with Gasteiger partial charge >= 0.3 is 0 Å². The minimum absolute atomic E-state index is 0.0743. The molecule has 2 N–H and O–H groups in total. The molecule has 0 radical (unpaired) electrons. The van der Waals surface area contributed by atoms with Gasteiger partial charge in [-0.15, -0.1) is 0 Å². The second-order valence-electron chi connectivity index (χ2n) is 9.45. The number of halogens is 2. The Hall–Kier alpha value is -3.28. The first-order chi connectivity index (χ1) is 16.8. The first kappa shape index (κ1) is 23.5. The third-order valence-corrected chi connectivity index (χ3v) is 6.99. The second kappa shape index (κ2) is 9.40. The maximum atomic E-state index is 13.7. The van der Waals surface area contributed by atoms with E-state index in [9.17, 15) is 4.79 Å². The highest BCUT2D eigenvalue weighted by Crippen LogP contribution is 2.40. The van der Waals surface area contributed by atoms with E-state index < -0.39 is 0 Å². The third-order valence-electron chi connectivity index (χ3n) is 6.49. The summed E-state index contributed by atoms with van der Waals surface area (Å²) in [5.41, 5.74) is 3.26. The normalized spacial score (nSPS) is 16.4. The van der Waals surface area contributed by atoms with E-state index >= 15 is 0 Å². The van der Waals surface area contributed by atoms with Crippen molar-refractivity contribution in [3.8, 4) is 0 Å². The van der Waals surface area contributed by atoms with Crippen LogP contribution in [0.25, 0.3) is 0 Å². The Kier molecular flexibility index (Phi) is 6.30. The molecule has 1 unspecified atom stereocenters. The molecule has 1 atom stereocenters. The fraction of sp³-hybridized carbons (Fsp3) is 0.214. The van der Waals surface area contributed by atoms with Crippen LogP contribution >= 0.6 is 23.2 Å². The molecule has 2 heterocycles. The average molecular weight is 505 g/mol. The number of benzene rings is 3. The number of nitrogens with zero attached hydrogens (tertiary/aromatic N) is 2. The van der Waals surface area contributed by atoms with Crippen LogP contribution in [-0.2, 0) is 5.54 Å². The maximum Gasteiger partial charge on any atom is 0.257 e. The number of fused-ring (bicyclic) bond motifs is 1. The van der Waals surface area contributed by atoms with E-state index in [1.54, 1.807) is 6.20 Å². The largest absolute Gasteiger partial charge is 0.363 e. The van der Waals surface area contributed by atoms with Crippen molar-refractivity contribution in [3.05, 3.63) is 117 Å². The zero-order valence-electron chi connectivity index (χ0n) is 19.5. The number of hydrogen-bond acceptors (Lipinski definition) is 3. The maximum absolute atomic E-state index is 13.7. The van der Waals surface area contributed by atoms with Crippen LogP contribution in [0.5, 0.6) is 0 Å². The molecule has 5 nitrogen and oxygen atoms in total. The Bertz CT molecular complexity index is 1290. The molecule has 4 aromatic rings. The number of hydrogen-bond donors (Lipinski definition) is 2. The number of carbonyl (C=O) groups is 1. The SMILES string of the molecule is CC1(C)CC(c2ccccc2)Nc2c(C(=O)NC(c3ccc(Cl)cc3)c3ccc(Cl)cc3)cnn21. The monoisotopic (exact) mass is 504 g/mol. The van der Waals surface area contributed by atoms with Gasteiger partial charge in [-0.2, -0.15) is 5.10 Å². The zero-order valence-corrected chi connectivity index (χ0v) is 21.0. The summed E-state index contributed by atoms with van der Waals surface area (Å²) in [6.07, 6.45) is 2.50. The summed E-state index contributed by atoms with van der Waals surface area (Å²) < 4.78 is 1.92. The molecule has 0 saturated carbocycles. The summed E-state index contributed by atoms with van der Waals surface area (Å²) in [7, 11) is 0. The first-order valence-electron chi connectivity index (χ1n) is 11.5. The van der Waals surface area contributed by atoms with Crippen molar-refractivity contribution in [2.75, 3.05) is 5.32 Å². The predicted octanol–water partition coefficient (Wildman–Crippen LogP) is 7.00. The Morgan fingerprint density at radius 1 is 0.971 bits per heavy atom. The van der Waals surface area contributed by atoms with Crippen molar-refractivity contribution in [1.29, 1.82) is 0 Å². The number of anilines is 1. The van der Waals surface area contributed by atoms with Gasteiger partial charge in [0.05, 0.1) is 23.8 Å². The van der Waals surface area contributed by atoms with Gasteiger partial charge in [-0.3, -0.25) is 4.79 Å². The lowest BCUT2D eigenvalue weighted by atomic mass is 9.89. The van der Waals surface area contributed by atoms with Crippen molar-refractivity contribution in [2.45, 2.75) is 37.9 Å². The molecule has 0 saturated heterocycles. The summed E-state index contributed by atoms with van der Waals surface area (Å²) in [4.78, 5) is 13.7. The van der Waals surface area contributed by atoms with Crippen LogP contribution in [0.15, 0.2) is 85.1 Å². The number of rotatable bonds is 5. The van der Waals surface area contributed by atoms with Gasteiger partial charge < -0.3 is 10.6 Å². The highest BCUT2D eigenvalue weighted by molar-refractivity contribution is 6.30. The second-order valence-corrected chi connectivity index (χ2v) is 10.3. The summed E-state index contributed by atoms with van der Waals surface area (Å²) >= 11 is 12.2.